The molecule has 1 saturated heterocycles. The van der Waals surface area contributed by atoms with Gasteiger partial charge in [0.05, 0.1) is 0 Å². The van der Waals surface area contributed by atoms with Gasteiger partial charge in [0, 0.05) is 22.6 Å². The maximum atomic E-state index is 14.8. The lowest BCUT2D eigenvalue weighted by atomic mass is 9.94. The molecule has 28 heavy (non-hydrogen) atoms. The number of alkyl halides is 1. The average molecular weight is 386 g/mol. The molecule has 3 rings (SSSR count). The van der Waals surface area contributed by atoms with Crippen LogP contribution < -0.4 is 11.0 Å². The summed E-state index contributed by atoms with van der Waals surface area (Å²) in [5.74, 6) is -1.14. The van der Waals surface area contributed by atoms with Crippen LogP contribution in [-0.2, 0) is 4.74 Å². The molecular weight excluding hydrogens is 367 g/mol. The summed E-state index contributed by atoms with van der Waals surface area (Å²) in [6.45, 7) is 3.28. The lowest BCUT2D eigenvalue weighted by Gasteiger charge is -2.25. The molecule has 0 spiro atoms. The first-order valence-corrected chi connectivity index (χ1v) is 8.75. The van der Waals surface area contributed by atoms with Gasteiger partial charge in [-0.1, -0.05) is 37.2 Å². The zero-order valence-corrected chi connectivity index (χ0v) is 15.3. The van der Waals surface area contributed by atoms with Crippen molar-refractivity contribution in [2.75, 3.05) is 5.32 Å². The number of amides is 1. The van der Waals surface area contributed by atoms with Gasteiger partial charge in [0.1, 0.15) is 5.82 Å². The zero-order valence-electron chi connectivity index (χ0n) is 15.3. The Labute approximate surface area is 159 Å². The molecule has 4 atom stereocenters. The number of azide groups is 1. The van der Waals surface area contributed by atoms with Crippen LogP contribution in [0.3, 0.4) is 0 Å². The third-order valence-corrected chi connectivity index (χ3v) is 4.89. The van der Waals surface area contributed by atoms with Crippen molar-refractivity contribution in [3.05, 3.63) is 69.1 Å². The minimum Gasteiger partial charge on any atom is -0.342 e. The quantitative estimate of drug-likeness (QED) is 0.480. The normalized spacial score (nSPS) is 26.5. The number of aromatic nitrogens is 2. The number of anilines is 1. The van der Waals surface area contributed by atoms with Gasteiger partial charge in [-0.25, -0.2) is 9.18 Å². The highest BCUT2D eigenvalue weighted by molar-refractivity contribution is 6.03. The summed E-state index contributed by atoms with van der Waals surface area (Å²) in [6, 6.07) is 9.82. The molecule has 146 valence electrons. The molecule has 1 aliphatic heterocycles. The van der Waals surface area contributed by atoms with Gasteiger partial charge in [0.15, 0.2) is 18.1 Å². The number of hydrogen-bond acceptors (Lipinski definition) is 5. The van der Waals surface area contributed by atoms with Crippen molar-refractivity contribution in [1.29, 1.82) is 0 Å². The van der Waals surface area contributed by atoms with Gasteiger partial charge in [-0.05, 0) is 30.2 Å². The van der Waals surface area contributed by atoms with Gasteiger partial charge in [0.25, 0.3) is 5.91 Å². The van der Waals surface area contributed by atoms with E-state index < -0.39 is 35.6 Å². The Hall–Kier alpha value is -3.23. The highest BCUT2D eigenvalue weighted by Gasteiger charge is 2.53. The van der Waals surface area contributed by atoms with Gasteiger partial charge in [-0.2, -0.15) is 4.98 Å². The molecule has 1 aromatic heterocycles. The molecule has 1 aliphatic rings. The highest BCUT2D eigenvalue weighted by Crippen LogP contribution is 2.45. The van der Waals surface area contributed by atoms with Crippen molar-refractivity contribution in [1.82, 2.24) is 9.55 Å². The molecule has 1 amide bonds. The van der Waals surface area contributed by atoms with Crippen molar-refractivity contribution >= 4 is 11.7 Å². The summed E-state index contributed by atoms with van der Waals surface area (Å²) in [5.41, 5.74) is 7.03. The number of nitrogens with zero attached hydrogens (tertiary/aromatic N) is 5. The second-order valence-electron chi connectivity index (χ2n) is 6.45. The fourth-order valence-electron chi connectivity index (χ4n) is 3.21. The Bertz CT molecular complexity index is 975. The van der Waals surface area contributed by atoms with Gasteiger partial charge in [0.2, 0.25) is 0 Å². The van der Waals surface area contributed by atoms with E-state index in [0.29, 0.717) is 5.56 Å². The molecule has 0 aliphatic carbocycles. The van der Waals surface area contributed by atoms with Crippen LogP contribution in [0.25, 0.3) is 10.4 Å². The third-order valence-electron chi connectivity index (χ3n) is 4.89. The summed E-state index contributed by atoms with van der Waals surface area (Å²) in [6.07, 6.45) is -1.31. The van der Waals surface area contributed by atoms with Crippen LogP contribution in [0.2, 0.25) is 0 Å². The van der Waals surface area contributed by atoms with Crippen molar-refractivity contribution in [2.45, 2.75) is 38.4 Å². The number of hydrogen-bond donors (Lipinski definition) is 1. The van der Waals surface area contributed by atoms with E-state index in [1.807, 2.05) is 0 Å². The van der Waals surface area contributed by atoms with Crippen LogP contribution in [0.15, 0.2) is 52.5 Å². The van der Waals surface area contributed by atoms with Gasteiger partial charge >= 0.3 is 5.69 Å². The Balaban J connectivity index is 1.84. The number of nitrogens with one attached hydrogen (secondary N) is 1. The molecule has 2 heterocycles. The first-order valence-electron chi connectivity index (χ1n) is 8.75. The number of carbonyl (C=O) groups excluding carboxylic acids is 1. The Morgan fingerprint density at radius 2 is 2.14 bits per heavy atom. The van der Waals surface area contributed by atoms with Crippen molar-refractivity contribution in [3.63, 3.8) is 0 Å². The highest BCUT2D eigenvalue weighted by atomic mass is 19.1. The lowest BCUT2D eigenvalue weighted by molar-refractivity contribution is -0.0877. The average Bonchev–Trinajstić information content (AvgIpc) is 2.94. The van der Waals surface area contributed by atoms with Crippen LogP contribution in [0.4, 0.5) is 10.2 Å². The molecule has 2 aromatic rings. The second kappa shape index (κ2) is 7.79. The monoisotopic (exact) mass is 386 g/mol. The summed E-state index contributed by atoms with van der Waals surface area (Å²) in [7, 11) is 0. The number of ether oxygens (including phenoxy) is 1. The van der Waals surface area contributed by atoms with E-state index in [1.165, 1.54) is 12.3 Å². The van der Waals surface area contributed by atoms with Crippen LogP contribution in [0.1, 0.15) is 36.9 Å². The molecule has 0 bridgehead atoms. The number of benzene rings is 1. The molecule has 1 N–H and O–H groups in total. The summed E-state index contributed by atoms with van der Waals surface area (Å²) in [5, 5.41) is 6.15. The Kier molecular flexibility index (Phi) is 5.43. The number of rotatable bonds is 5. The van der Waals surface area contributed by atoms with Gasteiger partial charge in [-0.15, -0.1) is 0 Å². The van der Waals surface area contributed by atoms with Crippen LogP contribution in [0, 0.1) is 5.92 Å². The van der Waals surface area contributed by atoms with Crippen LogP contribution in [0.5, 0.6) is 0 Å². The molecule has 0 radical (unpaired) electrons. The zero-order chi connectivity index (χ0) is 20.3. The van der Waals surface area contributed by atoms with E-state index in [1.54, 1.807) is 44.2 Å². The predicted molar refractivity (Wildman–Crippen MR) is 99.2 cm³/mol. The SMILES string of the molecule is CC[C@@]1(N=[N+]=[N-])O[C@@H](n2ccc(NC(=O)c3ccccc3)nc2=O)[C@H](F)[C@@H]1C. The maximum absolute atomic E-state index is 14.8. The summed E-state index contributed by atoms with van der Waals surface area (Å²) < 4.78 is 21.5. The first kappa shape index (κ1) is 19.5. The third kappa shape index (κ3) is 3.47. The molecule has 1 fully saturated rings. The van der Waals surface area contributed by atoms with Crippen LogP contribution >= 0.6 is 0 Å². The van der Waals surface area contributed by atoms with Crippen molar-refractivity contribution in [3.8, 4) is 0 Å². The molecule has 9 nitrogen and oxygen atoms in total. The van der Waals surface area contributed by atoms with Crippen molar-refractivity contribution < 1.29 is 13.9 Å². The van der Waals surface area contributed by atoms with E-state index in [2.05, 4.69) is 20.3 Å². The first-order chi connectivity index (χ1) is 13.4. The molecule has 10 heteroatoms. The summed E-state index contributed by atoms with van der Waals surface area (Å²) >= 11 is 0. The lowest BCUT2D eigenvalue weighted by Crippen LogP contribution is -2.32. The van der Waals surface area contributed by atoms with Crippen LogP contribution in [-0.4, -0.2) is 27.4 Å². The van der Waals surface area contributed by atoms with Crippen molar-refractivity contribution in [2.24, 2.45) is 11.0 Å². The van der Waals surface area contributed by atoms with E-state index in [9.17, 15) is 14.0 Å². The second-order valence-corrected chi connectivity index (χ2v) is 6.45. The fourth-order valence-corrected chi connectivity index (χ4v) is 3.21. The molecular formula is C18H19FN6O3. The largest absolute Gasteiger partial charge is 0.351 e. The van der Waals surface area contributed by atoms with Gasteiger partial charge in [-0.3, -0.25) is 9.36 Å². The molecule has 0 unspecified atom stereocenters. The smallest absolute Gasteiger partial charge is 0.342 e. The topological polar surface area (TPSA) is 122 Å². The van der Waals surface area contributed by atoms with Gasteiger partial charge < -0.3 is 10.1 Å². The van der Waals surface area contributed by atoms with E-state index in [-0.39, 0.29) is 12.2 Å². The Morgan fingerprint density at radius 3 is 2.75 bits per heavy atom. The molecule has 1 aromatic carbocycles. The minimum absolute atomic E-state index is 0.0355. The fraction of sp³-hybridized carbons (Fsp3) is 0.389. The molecule has 0 saturated carbocycles. The van der Waals surface area contributed by atoms with E-state index in [0.717, 1.165) is 4.57 Å². The predicted octanol–water partition coefficient (Wildman–Crippen LogP) is 3.42. The number of carbonyl (C=O) groups is 1. The minimum atomic E-state index is -1.57. The summed E-state index contributed by atoms with van der Waals surface area (Å²) in [4.78, 5) is 31.1. The maximum Gasteiger partial charge on any atom is 0.351 e. The Morgan fingerprint density at radius 1 is 1.43 bits per heavy atom. The standard InChI is InChI=1S/C18H19FN6O3/c1-3-18(23-24-20)11(2)14(19)16(28-18)25-10-9-13(22-17(25)27)21-15(26)12-7-5-4-6-8-12/h4-11,14,16H,3H2,1-2H3,(H,21,22,26,27)/t11-,14+,16+,18+/m0/s1. The van der Waals surface area contributed by atoms with E-state index >= 15 is 0 Å². The number of halogens is 1. The van der Waals surface area contributed by atoms with E-state index in [4.69, 9.17) is 10.3 Å².